The molecule has 1 fully saturated rings. The maximum atomic E-state index is 12.9. The minimum atomic E-state index is -3.59. The third kappa shape index (κ3) is 26.8. The first kappa shape index (κ1) is 45.0. The molecule has 0 bridgehead atoms. The van der Waals surface area contributed by atoms with Crippen molar-refractivity contribution >= 4 is 19.7 Å². The Kier molecular flexibility index (Phi) is 30.0. The van der Waals surface area contributed by atoms with Gasteiger partial charge < -0.3 is 14.6 Å². The average molecular weight is 704 g/mol. The number of carbonyl (C=O) groups excluding carboxylic acids is 2. The summed E-state index contributed by atoms with van der Waals surface area (Å²) < 4.78 is 34.5. The molecule has 10 heteroatoms. The predicted molar refractivity (Wildman–Crippen MR) is 195 cm³/mol. The Balaban J connectivity index is 2.20. The summed E-state index contributed by atoms with van der Waals surface area (Å²) >= 11 is 0. The van der Waals surface area contributed by atoms with Crippen LogP contribution in [0.1, 0.15) is 194 Å². The van der Waals surface area contributed by atoms with Gasteiger partial charge in [-0.1, -0.05) is 168 Å². The van der Waals surface area contributed by atoms with Crippen LogP contribution >= 0.6 is 7.75 Å². The Bertz CT molecular complexity index is 804. The van der Waals surface area contributed by atoms with Crippen molar-refractivity contribution in [1.29, 1.82) is 0 Å². The fraction of sp³-hybridized carbons (Fsp3) is 0.947. The maximum Gasteiger partial charge on any atom is 0.406 e. The number of unbranched alkanes of at least 4 members (excludes halogenated alkanes) is 23. The van der Waals surface area contributed by atoms with E-state index in [1.807, 2.05) is 0 Å². The fourth-order valence-corrected chi connectivity index (χ4v) is 7.56. The third-order valence-corrected chi connectivity index (χ3v) is 10.7. The van der Waals surface area contributed by atoms with Gasteiger partial charge in [0, 0.05) is 13.0 Å². The summed E-state index contributed by atoms with van der Waals surface area (Å²) in [5, 5.41) is 13.1. The van der Waals surface area contributed by atoms with Gasteiger partial charge in [-0.3, -0.25) is 13.8 Å². The van der Waals surface area contributed by atoms with Crippen molar-refractivity contribution in [3.63, 3.8) is 0 Å². The molecule has 0 spiro atoms. The molecule has 1 saturated heterocycles. The lowest BCUT2D eigenvalue weighted by Gasteiger charge is -2.27. The predicted octanol–water partition coefficient (Wildman–Crippen LogP) is 10.5. The smallest absolute Gasteiger partial charge is 0.406 e. The summed E-state index contributed by atoms with van der Waals surface area (Å²) in [5.41, 5.74) is 0. The number of aliphatic hydroxyl groups excluding tert-OH is 1. The lowest BCUT2D eigenvalue weighted by Crippen LogP contribution is -2.33. The first-order valence-electron chi connectivity index (χ1n) is 20.1. The molecule has 0 aromatic carbocycles. The van der Waals surface area contributed by atoms with Crippen molar-refractivity contribution in [2.75, 3.05) is 26.4 Å². The normalized spacial score (nSPS) is 17.6. The molecule has 3 atom stereocenters. The zero-order chi connectivity index (χ0) is 35.0. The van der Waals surface area contributed by atoms with E-state index in [1.165, 1.54) is 122 Å². The molecule has 1 rings (SSSR count). The number of rotatable bonds is 34. The first-order chi connectivity index (χ1) is 23.4. The highest BCUT2D eigenvalue weighted by atomic mass is 31.2. The molecule has 1 aliphatic heterocycles. The van der Waals surface area contributed by atoms with Crippen LogP contribution in [0.2, 0.25) is 0 Å². The lowest BCUT2D eigenvalue weighted by molar-refractivity contribution is -0.158. The summed E-state index contributed by atoms with van der Waals surface area (Å²) in [6.45, 7) is 4.71. The van der Waals surface area contributed by atoms with E-state index in [0.717, 1.165) is 38.5 Å². The highest BCUT2D eigenvalue weighted by Crippen LogP contribution is 2.47. The van der Waals surface area contributed by atoms with Crippen molar-refractivity contribution in [3.8, 4) is 0 Å². The molecule has 0 amide bonds. The Hall–Kier alpha value is -0.990. The Labute approximate surface area is 294 Å². The monoisotopic (exact) mass is 704 g/mol. The molecule has 3 unspecified atom stereocenters. The number of carbonyl (C=O) groups is 2. The molecule has 284 valence electrons. The third-order valence-electron chi connectivity index (χ3n) is 9.08. The average Bonchev–Trinajstić information content (AvgIpc) is 3.08. The van der Waals surface area contributed by atoms with E-state index in [0.29, 0.717) is 32.4 Å². The molecule has 1 aliphatic rings. The van der Waals surface area contributed by atoms with Crippen LogP contribution in [0.3, 0.4) is 0 Å². The van der Waals surface area contributed by atoms with Gasteiger partial charge in [-0.15, -0.1) is 0 Å². The van der Waals surface area contributed by atoms with E-state index in [4.69, 9.17) is 18.5 Å². The molecule has 2 N–H and O–H groups in total. The van der Waals surface area contributed by atoms with Gasteiger partial charge in [0.15, 0.2) is 6.10 Å². The first-order valence-corrected chi connectivity index (χ1v) is 21.6. The van der Waals surface area contributed by atoms with E-state index < -0.39 is 25.9 Å². The second-order valence-electron chi connectivity index (χ2n) is 13.8. The molecular formula is C38H74NO8P. The van der Waals surface area contributed by atoms with Gasteiger partial charge in [-0.2, -0.15) is 0 Å². The van der Waals surface area contributed by atoms with Crippen molar-refractivity contribution in [1.82, 2.24) is 5.09 Å². The van der Waals surface area contributed by atoms with Gasteiger partial charge in [0.2, 0.25) is 0 Å². The molecule has 9 nitrogen and oxygen atoms in total. The minimum Gasteiger partial charge on any atom is -0.463 e. The second kappa shape index (κ2) is 32.0. The Morgan fingerprint density at radius 1 is 0.667 bits per heavy atom. The number of esters is 2. The summed E-state index contributed by atoms with van der Waals surface area (Å²) in [6, 6.07) is 0. The van der Waals surface area contributed by atoms with Crippen molar-refractivity contribution in [2.45, 2.75) is 206 Å². The molecule has 0 aromatic rings. The number of hydrogen-bond acceptors (Lipinski definition) is 8. The van der Waals surface area contributed by atoms with Gasteiger partial charge >= 0.3 is 19.7 Å². The quantitative estimate of drug-likeness (QED) is 0.0383. The minimum absolute atomic E-state index is 0.238. The van der Waals surface area contributed by atoms with Crippen LogP contribution in [0, 0.1) is 0 Å². The SMILES string of the molecule is CCCCCCCCCCCCCCCC(=O)OCC(O)COC(=O)C(CCCCCCCCCCCCCC)OP1(=O)NCCCO1. The zero-order valence-electron chi connectivity index (χ0n) is 31.0. The molecule has 48 heavy (non-hydrogen) atoms. The lowest BCUT2D eigenvalue weighted by atomic mass is 10.0. The van der Waals surface area contributed by atoms with E-state index >= 15 is 0 Å². The van der Waals surface area contributed by atoms with Crippen LogP contribution in [-0.2, 0) is 32.7 Å². The fourth-order valence-electron chi connectivity index (χ4n) is 6.01. The molecule has 0 radical (unpaired) electrons. The van der Waals surface area contributed by atoms with Crippen LogP contribution < -0.4 is 5.09 Å². The summed E-state index contributed by atoms with van der Waals surface area (Å²) in [6.07, 6.45) is 29.7. The molecule has 0 aliphatic carbocycles. The Morgan fingerprint density at radius 3 is 1.56 bits per heavy atom. The standard InChI is InChI=1S/C38H74NO8P/c1-3-5-7-9-11-13-15-17-19-21-23-25-27-30-37(41)44-33-35(40)34-45-38(42)36(47-48(43)39-31-28-32-46-48)29-26-24-22-20-18-16-14-12-10-8-6-4-2/h35-36,40H,3-34H2,1-2H3,(H,39,43). The highest BCUT2D eigenvalue weighted by Gasteiger charge is 2.35. The van der Waals surface area contributed by atoms with E-state index in [2.05, 4.69) is 18.9 Å². The van der Waals surface area contributed by atoms with Crippen LogP contribution in [0.15, 0.2) is 0 Å². The number of aliphatic hydroxyl groups is 1. The van der Waals surface area contributed by atoms with Crippen molar-refractivity contribution in [2.24, 2.45) is 0 Å². The second-order valence-corrected chi connectivity index (χ2v) is 15.6. The summed E-state index contributed by atoms with van der Waals surface area (Å²) in [5.74, 6) is -1.04. The zero-order valence-corrected chi connectivity index (χ0v) is 31.9. The van der Waals surface area contributed by atoms with Gasteiger partial charge in [-0.05, 0) is 19.3 Å². The van der Waals surface area contributed by atoms with Gasteiger partial charge in [-0.25, -0.2) is 14.4 Å². The maximum absolute atomic E-state index is 12.9. The molecule has 1 heterocycles. The summed E-state index contributed by atoms with van der Waals surface area (Å²) in [4.78, 5) is 25.0. The van der Waals surface area contributed by atoms with Gasteiger partial charge in [0.25, 0.3) is 0 Å². The van der Waals surface area contributed by atoms with E-state index in [-0.39, 0.29) is 19.2 Å². The number of hydrogen-bond donors (Lipinski definition) is 2. The van der Waals surface area contributed by atoms with E-state index in [9.17, 15) is 19.3 Å². The molecule has 0 saturated carbocycles. The van der Waals surface area contributed by atoms with Crippen molar-refractivity contribution < 1.29 is 37.8 Å². The molecular weight excluding hydrogens is 629 g/mol. The largest absolute Gasteiger partial charge is 0.463 e. The van der Waals surface area contributed by atoms with Crippen LogP contribution in [0.25, 0.3) is 0 Å². The van der Waals surface area contributed by atoms with Crippen LogP contribution in [-0.4, -0.2) is 55.6 Å². The highest BCUT2D eigenvalue weighted by molar-refractivity contribution is 7.51. The van der Waals surface area contributed by atoms with E-state index in [1.54, 1.807) is 0 Å². The number of nitrogens with one attached hydrogen (secondary N) is 1. The van der Waals surface area contributed by atoms with Crippen LogP contribution in [0.4, 0.5) is 0 Å². The number of ether oxygens (including phenoxy) is 2. The van der Waals surface area contributed by atoms with Gasteiger partial charge in [0.05, 0.1) is 6.61 Å². The Morgan fingerprint density at radius 2 is 1.10 bits per heavy atom. The summed E-state index contributed by atoms with van der Waals surface area (Å²) in [7, 11) is -3.59. The topological polar surface area (TPSA) is 120 Å². The van der Waals surface area contributed by atoms with Crippen LogP contribution in [0.5, 0.6) is 0 Å². The van der Waals surface area contributed by atoms with Crippen molar-refractivity contribution in [3.05, 3.63) is 0 Å². The molecule has 0 aromatic heterocycles. The van der Waals surface area contributed by atoms with Gasteiger partial charge in [0.1, 0.15) is 19.3 Å².